The fourth-order valence-electron chi connectivity index (χ4n) is 4.32. The average molecular weight is 508 g/mol. The Morgan fingerprint density at radius 2 is 1.54 bits per heavy atom. The van der Waals surface area contributed by atoms with E-state index >= 15 is 0 Å². The number of carboxylic acid groups (broad SMARTS) is 1. The molecule has 3 N–H and O–H groups in total. The van der Waals surface area contributed by atoms with Gasteiger partial charge in [0.1, 0.15) is 17.7 Å². The van der Waals surface area contributed by atoms with Gasteiger partial charge in [0.2, 0.25) is 5.91 Å². The van der Waals surface area contributed by atoms with Crippen LogP contribution in [0.3, 0.4) is 0 Å². The van der Waals surface area contributed by atoms with Crippen molar-refractivity contribution in [1.29, 1.82) is 0 Å². The Kier molecular flexibility index (Phi) is 7.52. The highest BCUT2D eigenvalue weighted by molar-refractivity contribution is 5.99. The Balaban J connectivity index is 1.42. The van der Waals surface area contributed by atoms with E-state index in [1.807, 2.05) is 24.3 Å². The maximum Gasteiger partial charge on any atom is 0.338 e. The smallest absolute Gasteiger partial charge is 0.338 e. The predicted octanol–water partition coefficient (Wildman–Crippen LogP) is 6.09. The van der Waals surface area contributed by atoms with E-state index in [1.165, 1.54) is 29.2 Å². The number of nitrogens with one attached hydrogen (secondary N) is 2. The predicted molar refractivity (Wildman–Crippen MR) is 137 cm³/mol. The number of carbonyl (C=O) groups is 3. The summed E-state index contributed by atoms with van der Waals surface area (Å²) >= 11 is 0. The SMILES string of the molecule is CC(C)c1ccc(NC(=O)N2CCC[C@@H]2C(=O)Nc2ccc(-c3cc(C(=O)O)c(F)cc3F)cc2)cc1. The van der Waals surface area contributed by atoms with Crippen molar-refractivity contribution in [3.05, 3.63) is 83.4 Å². The molecule has 1 saturated heterocycles. The molecular formula is C28H27F2N3O4. The first kappa shape index (κ1) is 25.8. The Morgan fingerprint density at radius 1 is 0.919 bits per heavy atom. The third kappa shape index (κ3) is 5.77. The van der Waals surface area contributed by atoms with Crippen molar-refractivity contribution in [3.63, 3.8) is 0 Å². The minimum absolute atomic E-state index is 0.0725. The monoisotopic (exact) mass is 507 g/mol. The van der Waals surface area contributed by atoms with Gasteiger partial charge in [-0.05, 0) is 60.2 Å². The van der Waals surface area contributed by atoms with E-state index in [-0.39, 0.29) is 17.5 Å². The first-order chi connectivity index (χ1) is 17.6. The largest absolute Gasteiger partial charge is 0.478 e. The van der Waals surface area contributed by atoms with Gasteiger partial charge in [0.25, 0.3) is 0 Å². The number of hydrogen-bond acceptors (Lipinski definition) is 3. The van der Waals surface area contributed by atoms with Crippen LogP contribution in [0.5, 0.6) is 0 Å². The van der Waals surface area contributed by atoms with E-state index in [2.05, 4.69) is 24.5 Å². The second-order valence-electron chi connectivity index (χ2n) is 9.24. The van der Waals surface area contributed by atoms with Gasteiger partial charge in [0.15, 0.2) is 0 Å². The van der Waals surface area contributed by atoms with E-state index < -0.39 is 29.2 Å². The molecule has 1 atom stereocenters. The minimum atomic E-state index is -1.50. The number of aromatic carboxylic acids is 1. The lowest BCUT2D eigenvalue weighted by Crippen LogP contribution is -2.45. The van der Waals surface area contributed by atoms with Gasteiger partial charge in [0.05, 0.1) is 5.56 Å². The van der Waals surface area contributed by atoms with Crippen LogP contribution in [0.4, 0.5) is 25.0 Å². The lowest BCUT2D eigenvalue weighted by molar-refractivity contribution is -0.119. The number of amides is 3. The third-order valence-electron chi connectivity index (χ3n) is 6.40. The molecule has 0 aromatic heterocycles. The first-order valence-corrected chi connectivity index (χ1v) is 11.9. The summed E-state index contributed by atoms with van der Waals surface area (Å²) in [5.74, 6) is -3.53. The molecule has 1 aliphatic heterocycles. The highest BCUT2D eigenvalue weighted by atomic mass is 19.1. The number of benzene rings is 3. The molecular weight excluding hydrogens is 480 g/mol. The topological polar surface area (TPSA) is 98.7 Å². The summed E-state index contributed by atoms with van der Waals surface area (Å²) in [5.41, 5.74) is 1.85. The number of hydrogen-bond donors (Lipinski definition) is 3. The number of nitrogens with zero attached hydrogens (tertiary/aromatic N) is 1. The van der Waals surface area contributed by atoms with Crippen molar-refractivity contribution in [2.45, 2.75) is 38.6 Å². The summed E-state index contributed by atoms with van der Waals surface area (Å²) in [5, 5.41) is 14.7. The number of urea groups is 1. The van der Waals surface area contributed by atoms with Crippen LogP contribution in [0.25, 0.3) is 11.1 Å². The van der Waals surface area contributed by atoms with Crippen molar-refractivity contribution < 1.29 is 28.3 Å². The van der Waals surface area contributed by atoms with Crippen molar-refractivity contribution in [2.24, 2.45) is 0 Å². The van der Waals surface area contributed by atoms with Crippen LogP contribution in [0.15, 0.2) is 60.7 Å². The van der Waals surface area contributed by atoms with Crippen LogP contribution in [0, 0.1) is 11.6 Å². The molecule has 3 aromatic carbocycles. The number of carboxylic acids is 1. The summed E-state index contributed by atoms with van der Waals surface area (Å²) in [4.78, 5) is 38.5. The van der Waals surface area contributed by atoms with Gasteiger partial charge in [-0.3, -0.25) is 4.79 Å². The molecule has 0 saturated carbocycles. The Labute approximate surface area is 213 Å². The summed E-state index contributed by atoms with van der Waals surface area (Å²) in [6.07, 6.45) is 1.20. The van der Waals surface area contributed by atoms with E-state index in [9.17, 15) is 23.2 Å². The van der Waals surface area contributed by atoms with E-state index in [1.54, 1.807) is 0 Å². The van der Waals surface area contributed by atoms with Crippen LogP contribution in [0.2, 0.25) is 0 Å². The fraction of sp³-hybridized carbons (Fsp3) is 0.250. The Morgan fingerprint density at radius 3 is 2.16 bits per heavy atom. The standard InChI is InChI=1S/C28H27F2N3O4/c1-16(2)17-5-9-20(10-6-17)32-28(37)33-13-3-4-25(33)26(34)31-19-11-7-18(8-12-19)21-14-22(27(35)36)24(30)15-23(21)29/h5-12,14-16,25H,3-4,13H2,1-2H3,(H,31,34)(H,32,37)(H,35,36)/t25-/m1/s1. The van der Waals surface area contributed by atoms with Crippen LogP contribution in [-0.2, 0) is 4.79 Å². The molecule has 0 unspecified atom stereocenters. The number of carbonyl (C=O) groups excluding carboxylic acids is 2. The second kappa shape index (κ2) is 10.8. The summed E-state index contributed by atoms with van der Waals surface area (Å²) in [6.45, 7) is 4.62. The lowest BCUT2D eigenvalue weighted by Gasteiger charge is -2.24. The molecule has 3 aromatic rings. The summed E-state index contributed by atoms with van der Waals surface area (Å²) in [7, 11) is 0. The number of halogens is 2. The Bertz CT molecular complexity index is 1320. The van der Waals surface area contributed by atoms with Crippen molar-refractivity contribution in [2.75, 3.05) is 17.2 Å². The summed E-state index contributed by atoms with van der Waals surface area (Å²) < 4.78 is 28.0. The zero-order valence-electron chi connectivity index (χ0n) is 20.4. The average Bonchev–Trinajstić information content (AvgIpc) is 3.35. The molecule has 4 rings (SSSR count). The molecule has 192 valence electrons. The second-order valence-corrected chi connectivity index (χ2v) is 9.24. The highest BCUT2D eigenvalue weighted by Crippen LogP contribution is 2.28. The van der Waals surface area contributed by atoms with E-state index in [4.69, 9.17) is 5.11 Å². The molecule has 7 nitrogen and oxygen atoms in total. The van der Waals surface area contributed by atoms with Crippen molar-refractivity contribution >= 4 is 29.3 Å². The van der Waals surface area contributed by atoms with Gasteiger partial charge < -0.3 is 20.6 Å². The number of rotatable bonds is 6. The first-order valence-electron chi connectivity index (χ1n) is 11.9. The molecule has 1 heterocycles. The maximum absolute atomic E-state index is 14.3. The Hall–Kier alpha value is -4.27. The van der Waals surface area contributed by atoms with Crippen LogP contribution >= 0.6 is 0 Å². The zero-order chi connectivity index (χ0) is 26.7. The van der Waals surface area contributed by atoms with Crippen molar-refractivity contribution in [3.8, 4) is 11.1 Å². The molecule has 0 spiro atoms. The molecule has 1 aliphatic rings. The van der Waals surface area contributed by atoms with Crippen LogP contribution in [-0.4, -0.2) is 40.5 Å². The van der Waals surface area contributed by atoms with Gasteiger partial charge in [-0.25, -0.2) is 18.4 Å². The minimum Gasteiger partial charge on any atom is -0.478 e. The zero-order valence-corrected chi connectivity index (χ0v) is 20.4. The van der Waals surface area contributed by atoms with E-state index in [0.29, 0.717) is 48.3 Å². The molecule has 3 amide bonds. The van der Waals surface area contributed by atoms with E-state index in [0.717, 1.165) is 11.6 Å². The van der Waals surface area contributed by atoms with Crippen LogP contribution in [0.1, 0.15) is 48.5 Å². The molecule has 9 heteroatoms. The normalized spacial score (nSPS) is 15.1. The van der Waals surface area contributed by atoms with Gasteiger partial charge in [-0.15, -0.1) is 0 Å². The summed E-state index contributed by atoms with van der Waals surface area (Å²) in [6, 6.07) is 14.1. The van der Waals surface area contributed by atoms with Gasteiger partial charge in [0, 0.05) is 29.5 Å². The molecule has 0 bridgehead atoms. The number of anilines is 2. The molecule has 37 heavy (non-hydrogen) atoms. The molecule has 1 fully saturated rings. The molecule has 0 radical (unpaired) electrons. The molecule has 0 aliphatic carbocycles. The highest BCUT2D eigenvalue weighted by Gasteiger charge is 2.34. The lowest BCUT2D eigenvalue weighted by atomic mass is 10.0. The van der Waals surface area contributed by atoms with Gasteiger partial charge in [-0.2, -0.15) is 0 Å². The van der Waals surface area contributed by atoms with Gasteiger partial charge >= 0.3 is 12.0 Å². The number of likely N-dealkylation sites (tertiary alicyclic amines) is 1. The quantitative estimate of drug-likeness (QED) is 0.376. The van der Waals surface area contributed by atoms with Crippen molar-refractivity contribution in [1.82, 2.24) is 4.90 Å². The third-order valence-corrected chi connectivity index (χ3v) is 6.40. The van der Waals surface area contributed by atoms with Gasteiger partial charge in [-0.1, -0.05) is 38.1 Å². The maximum atomic E-state index is 14.3. The fourth-order valence-corrected chi connectivity index (χ4v) is 4.32. The van der Waals surface area contributed by atoms with Crippen LogP contribution < -0.4 is 10.6 Å².